The predicted octanol–water partition coefficient (Wildman–Crippen LogP) is 3.85. The molecule has 2 aromatic rings. The Kier molecular flexibility index (Phi) is 7.04. The fourth-order valence-corrected chi connectivity index (χ4v) is 2.83. The van der Waals surface area contributed by atoms with Crippen LogP contribution in [0.2, 0.25) is 0 Å². The topological polar surface area (TPSA) is 70.9 Å². The second-order valence-electron chi connectivity index (χ2n) is 4.88. The molecule has 0 saturated carbocycles. The van der Waals surface area contributed by atoms with Crippen LogP contribution >= 0.6 is 38.5 Å². The van der Waals surface area contributed by atoms with Gasteiger partial charge in [-0.3, -0.25) is 4.79 Å². The first kappa shape index (κ1) is 18.7. The van der Waals surface area contributed by atoms with Crippen LogP contribution in [0.25, 0.3) is 0 Å². The van der Waals surface area contributed by atoms with Crippen LogP contribution < -0.4 is 10.2 Å². The number of hydrogen-bond donors (Lipinski definition) is 2. The number of phenols is 1. The molecule has 2 aromatic carbocycles. The number of rotatable bonds is 6. The smallest absolute Gasteiger partial charge is 0.244 e. The highest BCUT2D eigenvalue weighted by molar-refractivity contribution is 14.1. The Bertz CT molecular complexity index is 748. The highest BCUT2D eigenvalue weighted by atomic mass is 127. The van der Waals surface area contributed by atoms with Crippen molar-refractivity contribution in [1.29, 1.82) is 0 Å². The quantitative estimate of drug-likeness (QED) is 0.358. The summed E-state index contributed by atoms with van der Waals surface area (Å²) in [6.07, 6.45) is 1.77. The van der Waals surface area contributed by atoms with Crippen molar-refractivity contribution < 1.29 is 14.6 Å². The lowest BCUT2D eigenvalue weighted by Crippen LogP contribution is -2.19. The van der Waals surface area contributed by atoms with Crippen LogP contribution in [0.15, 0.2) is 46.0 Å². The normalized spacial score (nSPS) is 10.8. The summed E-state index contributed by atoms with van der Waals surface area (Å²) in [7, 11) is 0. The van der Waals surface area contributed by atoms with Gasteiger partial charge in [0.05, 0.1) is 22.8 Å². The van der Waals surface area contributed by atoms with E-state index in [1.165, 1.54) is 6.21 Å². The third-order valence-corrected chi connectivity index (χ3v) is 4.38. The van der Waals surface area contributed by atoms with Gasteiger partial charge in [-0.2, -0.15) is 5.10 Å². The van der Waals surface area contributed by atoms with Gasteiger partial charge in [-0.05, 0) is 64.9 Å². The summed E-state index contributed by atoms with van der Waals surface area (Å²) in [5.74, 6) is 0.299. The van der Waals surface area contributed by atoms with Crippen LogP contribution in [-0.4, -0.2) is 23.8 Å². The average Bonchev–Trinajstić information content (AvgIpc) is 2.54. The van der Waals surface area contributed by atoms with Crippen molar-refractivity contribution in [2.24, 2.45) is 5.10 Å². The largest absolute Gasteiger partial charge is 0.504 e. The van der Waals surface area contributed by atoms with Crippen LogP contribution in [0.3, 0.4) is 0 Å². The van der Waals surface area contributed by atoms with E-state index in [0.29, 0.717) is 15.9 Å². The van der Waals surface area contributed by atoms with Crippen LogP contribution in [0, 0.1) is 3.57 Å². The standard InChI is InChI=1S/C17H16BrIN2O3/c1-2-24-15-8-12(7-14(19)17(15)23)10-20-21-16(22)9-11-3-5-13(18)6-4-11/h3-8,10,23H,2,9H2,1H3,(H,21,22)/b20-10-. The Labute approximate surface area is 162 Å². The van der Waals surface area contributed by atoms with Gasteiger partial charge in [0.2, 0.25) is 5.91 Å². The van der Waals surface area contributed by atoms with Crippen molar-refractivity contribution in [1.82, 2.24) is 5.43 Å². The Morgan fingerprint density at radius 3 is 2.75 bits per heavy atom. The van der Waals surface area contributed by atoms with E-state index in [1.54, 1.807) is 12.1 Å². The number of nitrogens with one attached hydrogen (secondary N) is 1. The zero-order chi connectivity index (χ0) is 17.5. The van der Waals surface area contributed by atoms with Gasteiger partial charge >= 0.3 is 0 Å². The third-order valence-electron chi connectivity index (χ3n) is 3.03. The van der Waals surface area contributed by atoms with Gasteiger partial charge in [0, 0.05) is 4.47 Å². The van der Waals surface area contributed by atoms with Crippen molar-refractivity contribution in [2.75, 3.05) is 6.61 Å². The van der Waals surface area contributed by atoms with E-state index in [0.717, 1.165) is 15.6 Å². The maximum absolute atomic E-state index is 11.9. The molecule has 0 radical (unpaired) electrons. The summed E-state index contributed by atoms with van der Waals surface area (Å²) in [5.41, 5.74) is 4.13. The molecule has 2 N–H and O–H groups in total. The maximum atomic E-state index is 11.9. The molecule has 1 amide bonds. The summed E-state index contributed by atoms with van der Waals surface area (Å²) < 4.78 is 6.99. The van der Waals surface area contributed by atoms with E-state index in [2.05, 4.69) is 26.5 Å². The van der Waals surface area contributed by atoms with Gasteiger partial charge in [-0.15, -0.1) is 0 Å². The number of benzene rings is 2. The number of ether oxygens (including phenoxy) is 1. The van der Waals surface area contributed by atoms with Gasteiger partial charge in [0.1, 0.15) is 0 Å². The molecule has 0 fully saturated rings. The van der Waals surface area contributed by atoms with Gasteiger partial charge in [0.15, 0.2) is 11.5 Å². The molecule has 0 aliphatic carbocycles. The molecule has 0 aliphatic heterocycles. The molecule has 7 heteroatoms. The van der Waals surface area contributed by atoms with Crippen LogP contribution in [0.1, 0.15) is 18.1 Å². The van der Waals surface area contributed by atoms with Gasteiger partial charge < -0.3 is 9.84 Å². The zero-order valence-corrected chi connectivity index (χ0v) is 16.7. The van der Waals surface area contributed by atoms with Gasteiger partial charge in [0.25, 0.3) is 0 Å². The van der Waals surface area contributed by atoms with Crippen molar-refractivity contribution in [2.45, 2.75) is 13.3 Å². The fourth-order valence-electron chi connectivity index (χ4n) is 1.94. The lowest BCUT2D eigenvalue weighted by molar-refractivity contribution is -0.120. The minimum Gasteiger partial charge on any atom is -0.504 e. The number of carbonyl (C=O) groups excluding carboxylic acids is 1. The molecule has 126 valence electrons. The first-order chi connectivity index (χ1) is 11.5. The molecule has 0 saturated heterocycles. The number of hydrazone groups is 1. The highest BCUT2D eigenvalue weighted by Gasteiger charge is 2.08. The second kappa shape index (κ2) is 9.03. The molecular formula is C17H16BrIN2O3. The Morgan fingerprint density at radius 1 is 1.38 bits per heavy atom. The second-order valence-corrected chi connectivity index (χ2v) is 6.96. The highest BCUT2D eigenvalue weighted by Crippen LogP contribution is 2.32. The van der Waals surface area contributed by atoms with Crippen molar-refractivity contribution in [3.63, 3.8) is 0 Å². The molecule has 0 aliphatic rings. The van der Waals surface area contributed by atoms with E-state index >= 15 is 0 Å². The fraction of sp³-hybridized carbons (Fsp3) is 0.176. The summed E-state index contributed by atoms with van der Waals surface area (Å²) >= 11 is 5.37. The summed E-state index contributed by atoms with van der Waals surface area (Å²) in [6.45, 7) is 2.30. The minimum absolute atomic E-state index is 0.105. The Hall–Kier alpha value is -1.61. The number of halogens is 2. The van der Waals surface area contributed by atoms with E-state index < -0.39 is 0 Å². The van der Waals surface area contributed by atoms with Crippen molar-refractivity contribution in [3.05, 3.63) is 55.6 Å². The Balaban J connectivity index is 1.98. The van der Waals surface area contributed by atoms with Gasteiger partial charge in [-0.1, -0.05) is 28.1 Å². The van der Waals surface area contributed by atoms with Crippen molar-refractivity contribution >= 4 is 50.6 Å². The van der Waals surface area contributed by atoms with E-state index in [1.807, 2.05) is 53.8 Å². The summed E-state index contributed by atoms with van der Waals surface area (Å²) in [6, 6.07) is 11.0. The molecule has 24 heavy (non-hydrogen) atoms. The molecule has 0 unspecified atom stereocenters. The first-order valence-electron chi connectivity index (χ1n) is 7.21. The van der Waals surface area contributed by atoms with E-state index in [-0.39, 0.29) is 18.1 Å². The maximum Gasteiger partial charge on any atom is 0.244 e. The summed E-state index contributed by atoms with van der Waals surface area (Å²) in [5, 5.41) is 13.9. The van der Waals surface area contributed by atoms with E-state index in [4.69, 9.17) is 4.74 Å². The van der Waals surface area contributed by atoms with Crippen LogP contribution in [0.4, 0.5) is 0 Å². The molecule has 0 bridgehead atoms. The zero-order valence-electron chi connectivity index (χ0n) is 12.9. The molecular weight excluding hydrogens is 487 g/mol. The number of carbonyl (C=O) groups is 1. The SMILES string of the molecule is CCOc1cc(/C=N\NC(=O)Cc2ccc(Br)cc2)cc(I)c1O. The molecule has 2 rings (SSSR count). The third kappa shape index (κ3) is 5.48. The molecule has 0 aromatic heterocycles. The van der Waals surface area contributed by atoms with E-state index in [9.17, 15) is 9.90 Å². The van der Waals surface area contributed by atoms with Gasteiger partial charge in [-0.25, -0.2) is 5.43 Å². The molecule has 5 nitrogen and oxygen atoms in total. The lowest BCUT2D eigenvalue weighted by Gasteiger charge is -2.08. The van der Waals surface area contributed by atoms with Crippen LogP contribution in [-0.2, 0) is 11.2 Å². The number of aromatic hydroxyl groups is 1. The summed E-state index contributed by atoms with van der Waals surface area (Å²) in [4.78, 5) is 11.9. The lowest BCUT2D eigenvalue weighted by atomic mass is 10.1. The van der Waals surface area contributed by atoms with Crippen molar-refractivity contribution in [3.8, 4) is 11.5 Å². The molecule has 0 atom stereocenters. The predicted molar refractivity (Wildman–Crippen MR) is 106 cm³/mol. The number of phenolic OH excluding ortho intramolecular Hbond substituents is 1. The van der Waals surface area contributed by atoms with Crippen LogP contribution in [0.5, 0.6) is 11.5 Å². The number of nitrogens with zero attached hydrogens (tertiary/aromatic N) is 1. The number of hydrogen-bond acceptors (Lipinski definition) is 4. The Morgan fingerprint density at radius 2 is 2.08 bits per heavy atom. The molecule has 0 heterocycles. The average molecular weight is 503 g/mol. The first-order valence-corrected chi connectivity index (χ1v) is 9.08. The monoisotopic (exact) mass is 502 g/mol. The minimum atomic E-state index is -0.202. The number of amides is 1. The molecule has 0 spiro atoms.